The van der Waals surface area contributed by atoms with Gasteiger partial charge in [-0.05, 0) is 47.5 Å². The van der Waals surface area contributed by atoms with Crippen molar-refractivity contribution in [2.45, 2.75) is 23.8 Å². The van der Waals surface area contributed by atoms with Gasteiger partial charge in [0.2, 0.25) is 15.9 Å². The molecule has 1 aliphatic rings. The number of anilines is 1. The van der Waals surface area contributed by atoms with Gasteiger partial charge in [0.25, 0.3) is 0 Å². The van der Waals surface area contributed by atoms with Gasteiger partial charge in [-0.1, -0.05) is 42.5 Å². The molecule has 0 aromatic heterocycles. The molecule has 1 fully saturated rings. The van der Waals surface area contributed by atoms with Crippen LogP contribution in [0.5, 0.6) is 5.75 Å². The van der Waals surface area contributed by atoms with Gasteiger partial charge in [0.1, 0.15) is 12.4 Å². The molecule has 1 amide bonds. The lowest BCUT2D eigenvalue weighted by Crippen LogP contribution is -2.30. The van der Waals surface area contributed by atoms with Gasteiger partial charge in [0.15, 0.2) is 0 Å². The predicted molar refractivity (Wildman–Crippen MR) is 127 cm³/mol. The van der Waals surface area contributed by atoms with Crippen LogP contribution in [0.25, 0.3) is 0 Å². The van der Waals surface area contributed by atoms with Crippen molar-refractivity contribution in [3.8, 4) is 5.75 Å². The zero-order valence-corrected chi connectivity index (χ0v) is 19.2. The number of sulfonamides is 1. The summed E-state index contributed by atoms with van der Waals surface area (Å²) in [6, 6.07) is 23.8. The molecule has 1 N–H and O–H groups in total. The molecule has 0 bridgehead atoms. The van der Waals surface area contributed by atoms with Crippen molar-refractivity contribution < 1.29 is 17.9 Å². The number of hydrogen-bond donors (Lipinski definition) is 1. The normalized spacial score (nSPS) is 16.6. The quantitative estimate of drug-likeness (QED) is 0.546. The van der Waals surface area contributed by atoms with E-state index in [0.717, 1.165) is 22.6 Å². The molecule has 3 aromatic rings. The Bertz CT molecular complexity index is 1160. The minimum atomic E-state index is -3.67. The Hall–Kier alpha value is -2.81. The van der Waals surface area contributed by atoms with Gasteiger partial charge < -0.3 is 10.1 Å². The van der Waals surface area contributed by atoms with E-state index in [2.05, 4.69) is 5.32 Å². The fourth-order valence-corrected chi connectivity index (χ4v) is 6.72. The van der Waals surface area contributed by atoms with Crippen molar-refractivity contribution >= 4 is 33.4 Å². The molecule has 0 unspecified atom stereocenters. The molecule has 32 heavy (non-hydrogen) atoms. The highest BCUT2D eigenvalue weighted by Gasteiger charge is 2.36. The van der Waals surface area contributed by atoms with E-state index in [1.807, 2.05) is 54.6 Å². The Labute approximate surface area is 192 Å². The number of ether oxygens (including phenoxy) is 1. The lowest BCUT2D eigenvalue weighted by atomic mass is 10.2. The largest absolute Gasteiger partial charge is 0.489 e. The molecule has 0 aliphatic carbocycles. The first-order valence-electron chi connectivity index (χ1n) is 10.2. The van der Waals surface area contributed by atoms with Crippen LogP contribution < -0.4 is 10.1 Å². The van der Waals surface area contributed by atoms with Gasteiger partial charge in [0.05, 0.1) is 10.3 Å². The second-order valence-electron chi connectivity index (χ2n) is 7.39. The summed E-state index contributed by atoms with van der Waals surface area (Å²) in [5.74, 6) is 1.26. The lowest BCUT2D eigenvalue weighted by Gasteiger charge is -2.24. The number of carbonyl (C=O) groups excluding carboxylic acids is 1. The van der Waals surface area contributed by atoms with E-state index in [0.29, 0.717) is 18.8 Å². The van der Waals surface area contributed by atoms with E-state index in [1.165, 1.54) is 23.4 Å². The third-order valence-corrected chi connectivity index (χ3v) is 8.32. The van der Waals surface area contributed by atoms with Crippen LogP contribution in [-0.4, -0.2) is 30.9 Å². The van der Waals surface area contributed by atoms with Crippen LogP contribution in [0.15, 0.2) is 83.8 Å². The second kappa shape index (κ2) is 9.77. The van der Waals surface area contributed by atoms with E-state index in [4.69, 9.17) is 4.74 Å². The van der Waals surface area contributed by atoms with E-state index in [1.54, 1.807) is 23.9 Å². The molecule has 8 heteroatoms. The minimum Gasteiger partial charge on any atom is -0.489 e. The number of amides is 1. The van der Waals surface area contributed by atoms with Crippen molar-refractivity contribution in [1.29, 1.82) is 0 Å². The van der Waals surface area contributed by atoms with Gasteiger partial charge in [-0.15, -0.1) is 11.8 Å². The smallest absolute Gasteiger partial charge is 0.244 e. The summed E-state index contributed by atoms with van der Waals surface area (Å²) in [5.41, 5.74) is 2.57. The van der Waals surface area contributed by atoms with Crippen LogP contribution in [0, 0.1) is 0 Å². The Morgan fingerprint density at radius 1 is 1.03 bits per heavy atom. The third kappa shape index (κ3) is 5.15. The molecule has 1 aliphatic heterocycles. The number of carbonyl (C=O) groups is 1. The first-order chi connectivity index (χ1) is 15.4. The van der Waals surface area contributed by atoms with Crippen molar-refractivity contribution in [1.82, 2.24) is 4.31 Å². The molecule has 0 spiro atoms. The van der Waals surface area contributed by atoms with Crippen LogP contribution in [0.1, 0.15) is 23.4 Å². The topological polar surface area (TPSA) is 75.7 Å². The molecule has 1 heterocycles. The van der Waals surface area contributed by atoms with Gasteiger partial charge in [0, 0.05) is 24.9 Å². The van der Waals surface area contributed by atoms with E-state index in [9.17, 15) is 13.2 Å². The Balaban J connectivity index is 1.47. The van der Waals surface area contributed by atoms with Gasteiger partial charge in [-0.3, -0.25) is 4.79 Å². The Morgan fingerprint density at radius 3 is 2.38 bits per heavy atom. The number of rotatable bonds is 7. The van der Waals surface area contributed by atoms with E-state index < -0.39 is 10.0 Å². The van der Waals surface area contributed by atoms with Gasteiger partial charge in [-0.25, -0.2) is 8.42 Å². The first-order valence-corrected chi connectivity index (χ1v) is 12.7. The number of nitrogens with one attached hydrogen (secondary N) is 1. The Morgan fingerprint density at radius 2 is 1.72 bits per heavy atom. The highest BCUT2D eigenvalue weighted by atomic mass is 32.2. The summed E-state index contributed by atoms with van der Waals surface area (Å²) in [6.07, 6.45) is 0. The molecule has 166 valence electrons. The SMILES string of the molecule is CC(=O)Nc1ccc(S(=O)(=O)N2CCS[C@@H]2c2ccc(OCc3ccccc3)cc2)cc1. The molecule has 0 saturated carbocycles. The Kier molecular flexibility index (Phi) is 6.83. The summed E-state index contributed by atoms with van der Waals surface area (Å²) in [7, 11) is -3.67. The van der Waals surface area contributed by atoms with Crippen molar-refractivity contribution in [2.75, 3.05) is 17.6 Å². The maximum absolute atomic E-state index is 13.3. The molecule has 4 rings (SSSR count). The zero-order valence-electron chi connectivity index (χ0n) is 17.6. The molecule has 3 aromatic carbocycles. The molecular formula is C24H24N2O4S2. The van der Waals surface area contributed by atoms with Crippen LogP contribution in [-0.2, 0) is 21.4 Å². The minimum absolute atomic E-state index is 0.201. The third-order valence-electron chi connectivity index (χ3n) is 5.04. The van der Waals surface area contributed by atoms with Crippen LogP contribution in [0.2, 0.25) is 0 Å². The fraction of sp³-hybridized carbons (Fsp3) is 0.208. The van der Waals surface area contributed by atoms with Crippen molar-refractivity contribution in [2.24, 2.45) is 0 Å². The summed E-state index contributed by atoms with van der Waals surface area (Å²) >= 11 is 1.60. The van der Waals surface area contributed by atoms with Crippen molar-refractivity contribution in [3.05, 3.63) is 90.0 Å². The van der Waals surface area contributed by atoms with Crippen LogP contribution in [0.4, 0.5) is 5.69 Å². The number of thioether (sulfide) groups is 1. The molecular weight excluding hydrogens is 444 g/mol. The number of benzene rings is 3. The highest BCUT2D eigenvalue weighted by molar-refractivity contribution is 8.01. The molecule has 0 radical (unpaired) electrons. The maximum Gasteiger partial charge on any atom is 0.244 e. The fourth-order valence-electron chi connectivity index (χ4n) is 3.48. The summed E-state index contributed by atoms with van der Waals surface area (Å²) in [6.45, 7) is 2.33. The highest BCUT2D eigenvalue weighted by Crippen LogP contribution is 2.41. The molecule has 1 atom stereocenters. The lowest BCUT2D eigenvalue weighted by molar-refractivity contribution is -0.114. The monoisotopic (exact) mass is 468 g/mol. The van der Waals surface area contributed by atoms with E-state index >= 15 is 0 Å². The number of hydrogen-bond acceptors (Lipinski definition) is 5. The van der Waals surface area contributed by atoms with Crippen molar-refractivity contribution in [3.63, 3.8) is 0 Å². The second-order valence-corrected chi connectivity index (χ2v) is 10.5. The standard InChI is InChI=1S/C24H24N2O4S2/c1-18(27)25-21-9-13-23(14-10-21)32(28,29)26-15-16-31-24(26)20-7-11-22(12-8-20)30-17-19-5-3-2-4-6-19/h2-14,24H,15-17H2,1H3,(H,25,27)/t24-/m1/s1. The zero-order chi connectivity index (χ0) is 22.6. The van der Waals surface area contributed by atoms with Gasteiger partial charge >= 0.3 is 0 Å². The number of nitrogens with zero attached hydrogens (tertiary/aromatic N) is 1. The molecule has 6 nitrogen and oxygen atoms in total. The van der Waals surface area contributed by atoms with E-state index in [-0.39, 0.29) is 16.2 Å². The summed E-state index contributed by atoms with van der Waals surface area (Å²) < 4.78 is 33.9. The maximum atomic E-state index is 13.3. The average molecular weight is 469 g/mol. The van der Waals surface area contributed by atoms with Crippen LogP contribution >= 0.6 is 11.8 Å². The first kappa shape index (κ1) is 22.4. The molecule has 1 saturated heterocycles. The average Bonchev–Trinajstić information content (AvgIpc) is 3.30. The van der Waals surface area contributed by atoms with Crippen LogP contribution in [0.3, 0.4) is 0 Å². The summed E-state index contributed by atoms with van der Waals surface area (Å²) in [4.78, 5) is 11.4. The van der Waals surface area contributed by atoms with Gasteiger partial charge in [-0.2, -0.15) is 4.31 Å². The predicted octanol–water partition coefficient (Wildman–Crippen LogP) is 4.66. The summed E-state index contributed by atoms with van der Waals surface area (Å²) in [5, 5.41) is 2.36.